The van der Waals surface area contributed by atoms with Gasteiger partial charge in [0.25, 0.3) is 0 Å². The highest BCUT2D eigenvalue weighted by molar-refractivity contribution is 5.69. The van der Waals surface area contributed by atoms with E-state index in [1.807, 2.05) is 0 Å². The number of allylic oxidation sites excluding steroid dienone is 1. The van der Waals surface area contributed by atoms with Crippen molar-refractivity contribution in [1.82, 2.24) is 0 Å². The fourth-order valence-electron chi connectivity index (χ4n) is 2.03. The first-order chi connectivity index (χ1) is 11.6. The summed E-state index contributed by atoms with van der Waals surface area (Å²) in [7, 11) is 0. The molecule has 0 heterocycles. The number of aldehydes is 1. The second-order valence-corrected chi connectivity index (χ2v) is 5.06. The summed E-state index contributed by atoms with van der Waals surface area (Å²) < 4.78 is 20.3. The smallest absolute Gasteiger partial charge is 0.303 e. The molecule has 0 radical (unpaired) electrons. The van der Waals surface area contributed by atoms with Crippen molar-refractivity contribution in [2.75, 3.05) is 0 Å². The van der Waals surface area contributed by atoms with Gasteiger partial charge in [0.05, 0.1) is 0 Å². The molecule has 0 aliphatic heterocycles. The minimum absolute atomic E-state index is 0.428. The zero-order valence-corrected chi connectivity index (χ0v) is 14.7. The van der Waals surface area contributed by atoms with Gasteiger partial charge in [0.2, 0.25) is 0 Å². The zero-order chi connectivity index (χ0) is 19.6. The highest BCUT2D eigenvalue weighted by Gasteiger charge is 2.40. The molecule has 0 aromatic heterocycles. The first-order valence-corrected chi connectivity index (χ1v) is 7.39. The highest BCUT2D eigenvalue weighted by atomic mass is 16.6. The van der Waals surface area contributed by atoms with Crippen molar-refractivity contribution >= 4 is 30.2 Å². The molecule has 0 saturated heterocycles. The standard InChI is InChI=1S/C16H22O9/c1-9(22-10(2)18)15(24-12(4)20)16(25-13(5)21)14(7-6-8-17)23-11(3)19/h6-9,14-16H,1-5H3/b7-6-/t9-,14-,15-,16-/m0/s1. The Morgan fingerprint density at radius 2 is 1.16 bits per heavy atom. The van der Waals surface area contributed by atoms with Crippen LogP contribution in [0.15, 0.2) is 12.2 Å². The lowest BCUT2D eigenvalue weighted by Crippen LogP contribution is -2.50. The molecule has 9 nitrogen and oxygen atoms in total. The van der Waals surface area contributed by atoms with Gasteiger partial charge in [-0.2, -0.15) is 0 Å². The van der Waals surface area contributed by atoms with Gasteiger partial charge in [-0.3, -0.25) is 24.0 Å². The van der Waals surface area contributed by atoms with E-state index in [4.69, 9.17) is 18.9 Å². The second kappa shape index (κ2) is 11.0. The number of rotatable bonds is 9. The summed E-state index contributed by atoms with van der Waals surface area (Å²) in [5, 5.41) is 0. The number of hydrogen-bond donors (Lipinski definition) is 0. The van der Waals surface area contributed by atoms with E-state index >= 15 is 0 Å². The van der Waals surface area contributed by atoms with Gasteiger partial charge in [0, 0.05) is 27.7 Å². The van der Waals surface area contributed by atoms with Crippen LogP contribution in [0.25, 0.3) is 0 Å². The normalized spacial score (nSPS) is 15.4. The van der Waals surface area contributed by atoms with Crippen LogP contribution < -0.4 is 0 Å². The maximum atomic E-state index is 11.4. The molecule has 0 amide bonds. The topological polar surface area (TPSA) is 122 Å². The minimum atomic E-state index is -1.34. The maximum absolute atomic E-state index is 11.4. The van der Waals surface area contributed by atoms with Gasteiger partial charge in [-0.05, 0) is 19.1 Å². The monoisotopic (exact) mass is 358 g/mol. The van der Waals surface area contributed by atoms with Crippen LogP contribution >= 0.6 is 0 Å². The lowest BCUT2D eigenvalue weighted by molar-refractivity contribution is -0.193. The second-order valence-electron chi connectivity index (χ2n) is 5.06. The van der Waals surface area contributed by atoms with Crippen molar-refractivity contribution < 1.29 is 42.9 Å². The van der Waals surface area contributed by atoms with Gasteiger partial charge < -0.3 is 18.9 Å². The Balaban J connectivity index is 5.87. The lowest BCUT2D eigenvalue weighted by Gasteiger charge is -2.33. The Morgan fingerprint density at radius 1 is 0.720 bits per heavy atom. The van der Waals surface area contributed by atoms with Gasteiger partial charge in [-0.25, -0.2) is 0 Å². The van der Waals surface area contributed by atoms with Crippen LogP contribution in [0.5, 0.6) is 0 Å². The third kappa shape index (κ3) is 9.23. The summed E-state index contributed by atoms with van der Waals surface area (Å²) >= 11 is 0. The van der Waals surface area contributed by atoms with Gasteiger partial charge >= 0.3 is 23.9 Å². The van der Waals surface area contributed by atoms with E-state index in [1.54, 1.807) is 0 Å². The average Bonchev–Trinajstić information content (AvgIpc) is 2.45. The minimum Gasteiger partial charge on any atom is -0.459 e. The van der Waals surface area contributed by atoms with Gasteiger partial charge in [-0.15, -0.1) is 0 Å². The van der Waals surface area contributed by atoms with E-state index < -0.39 is 48.3 Å². The molecule has 4 atom stereocenters. The van der Waals surface area contributed by atoms with Crippen LogP contribution in [0.4, 0.5) is 0 Å². The molecule has 0 aliphatic rings. The van der Waals surface area contributed by atoms with Crippen molar-refractivity contribution in [2.45, 2.75) is 59.0 Å². The van der Waals surface area contributed by atoms with Crippen LogP contribution in [0.2, 0.25) is 0 Å². The highest BCUT2D eigenvalue weighted by Crippen LogP contribution is 2.20. The SMILES string of the molecule is CC(=O)O[C@H]([C@@H](OC(C)=O)[C@H](/C=C\C=O)OC(C)=O)[C@H](C)OC(C)=O. The number of esters is 4. The van der Waals surface area contributed by atoms with E-state index in [1.165, 1.54) is 13.0 Å². The summed E-state index contributed by atoms with van der Waals surface area (Å²) in [4.78, 5) is 55.9. The first-order valence-electron chi connectivity index (χ1n) is 7.39. The molecule has 0 N–H and O–H groups in total. The molecule has 0 aromatic rings. The van der Waals surface area contributed by atoms with Crippen molar-refractivity contribution in [3.8, 4) is 0 Å². The third-order valence-corrected chi connectivity index (χ3v) is 2.75. The fraction of sp³-hybridized carbons (Fsp3) is 0.562. The van der Waals surface area contributed by atoms with E-state index in [0.29, 0.717) is 6.29 Å². The number of ether oxygens (including phenoxy) is 4. The maximum Gasteiger partial charge on any atom is 0.303 e. The molecule has 140 valence electrons. The summed E-state index contributed by atoms with van der Waals surface area (Å²) in [6.07, 6.45) is -2.24. The Morgan fingerprint density at radius 3 is 1.56 bits per heavy atom. The van der Waals surface area contributed by atoms with E-state index in [2.05, 4.69) is 0 Å². The molecule has 0 fully saturated rings. The van der Waals surface area contributed by atoms with Crippen molar-refractivity contribution in [2.24, 2.45) is 0 Å². The van der Waals surface area contributed by atoms with E-state index in [-0.39, 0.29) is 0 Å². The molecule has 0 rings (SSSR count). The Kier molecular flexibility index (Phi) is 9.76. The molecule has 0 aromatic carbocycles. The van der Waals surface area contributed by atoms with Crippen LogP contribution in [-0.2, 0) is 42.9 Å². The van der Waals surface area contributed by atoms with Crippen LogP contribution in [-0.4, -0.2) is 54.6 Å². The predicted molar refractivity (Wildman–Crippen MR) is 83.1 cm³/mol. The molecule has 0 saturated carbocycles. The van der Waals surface area contributed by atoms with Gasteiger partial charge in [0.1, 0.15) is 12.4 Å². The van der Waals surface area contributed by atoms with Crippen molar-refractivity contribution in [1.29, 1.82) is 0 Å². The molecule has 9 heteroatoms. The zero-order valence-electron chi connectivity index (χ0n) is 14.7. The van der Waals surface area contributed by atoms with Crippen LogP contribution in [0.1, 0.15) is 34.6 Å². The lowest BCUT2D eigenvalue weighted by atomic mass is 10.0. The van der Waals surface area contributed by atoms with Crippen molar-refractivity contribution in [3.63, 3.8) is 0 Å². The summed E-state index contributed by atoms with van der Waals surface area (Å²) in [5.41, 5.74) is 0. The molecule has 0 aliphatic carbocycles. The van der Waals surface area contributed by atoms with E-state index in [0.717, 1.165) is 33.8 Å². The molecular formula is C16H22O9. The molecule has 0 spiro atoms. The largest absolute Gasteiger partial charge is 0.459 e. The van der Waals surface area contributed by atoms with Crippen LogP contribution in [0.3, 0.4) is 0 Å². The summed E-state index contributed by atoms with van der Waals surface area (Å²) in [5.74, 6) is -2.87. The van der Waals surface area contributed by atoms with Gasteiger partial charge in [0.15, 0.2) is 18.3 Å². The Labute approximate surface area is 145 Å². The van der Waals surface area contributed by atoms with E-state index in [9.17, 15) is 24.0 Å². The molecule has 25 heavy (non-hydrogen) atoms. The van der Waals surface area contributed by atoms with Crippen molar-refractivity contribution in [3.05, 3.63) is 12.2 Å². The molecule has 0 unspecified atom stereocenters. The Hall–Kier alpha value is -2.71. The molecular weight excluding hydrogens is 336 g/mol. The Bertz CT molecular complexity index is 538. The summed E-state index contributed by atoms with van der Waals surface area (Å²) in [6.45, 7) is 5.89. The first kappa shape index (κ1) is 22.3. The molecule has 0 bridgehead atoms. The van der Waals surface area contributed by atoms with Gasteiger partial charge in [-0.1, -0.05) is 0 Å². The fourth-order valence-corrected chi connectivity index (χ4v) is 2.03. The number of hydrogen-bond acceptors (Lipinski definition) is 9. The predicted octanol–water partition coefficient (Wildman–Crippen LogP) is 0.488. The average molecular weight is 358 g/mol. The number of carbonyl (C=O) groups is 5. The summed E-state index contributed by atoms with van der Waals surface area (Å²) in [6, 6.07) is 0. The van der Waals surface area contributed by atoms with Crippen LogP contribution in [0, 0.1) is 0 Å². The quantitative estimate of drug-likeness (QED) is 0.251. The number of carbonyl (C=O) groups excluding carboxylic acids is 5. The third-order valence-electron chi connectivity index (χ3n) is 2.75.